The predicted molar refractivity (Wildman–Crippen MR) is 48.0 cm³/mol. The van der Waals surface area contributed by atoms with Crippen LogP contribution in [0.5, 0.6) is 0 Å². The standard InChI is InChI=1S/C9H19NO2/c1-2-9(12)6-10-5-3-4-8(10)7-11/h8-9,11-12H,2-7H2,1H3/t8-,9?/m1/s1. The van der Waals surface area contributed by atoms with Crippen LogP contribution in [-0.4, -0.2) is 47.0 Å². The second-order valence-electron chi connectivity index (χ2n) is 3.54. The molecule has 0 radical (unpaired) electrons. The summed E-state index contributed by atoms with van der Waals surface area (Å²) in [5, 5.41) is 18.4. The van der Waals surface area contributed by atoms with Crippen molar-refractivity contribution in [2.45, 2.75) is 38.3 Å². The van der Waals surface area contributed by atoms with E-state index in [2.05, 4.69) is 4.90 Å². The molecule has 1 aliphatic rings. The summed E-state index contributed by atoms with van der Waals surface area (Å²) in [5.41, 5.74) is 0. The van der Waals surface area contributed by atoms with Crippen molar-refractivity contribution in [3.05, 3.63) is 0 Å². The van der Waals surface area contributed by atoms with E-state index in [-0.39, 0.29) is 12.7 Å². The van der Waals surface area contributed by atoms with Gasteiger partial charge in [0.25, 0.3) is 0 Å². The lowest BCUT2D eigenvalue weighted by atomic mass is 10.2. The minimum Gasteiger partial charge on any atom is -0.395 e. The molecule has 3 nitrogen and oxygen atoms in total. The summed E-state index contributed by atoms with van der Waals surface area (Å²) in [6, 6.07) is 0.297. The first-order chi connectivity index (χ1) is 5.77. The van der Waals surface area contributed by atoms with E-state index in [0.717, 1.165) is 32.4 Å². The highest BCUT2D eigenvalue weighted by Gasteiger charge is 2.24. The lowest BCUT2D eigenvalue weighted by Crippen LogP contribution is -2.37. The zero-order valence-electron chi connectivity index (χ0n) is 7.74. The maximum Gasteiger partial charge on any atom is 0.0664 e. The largest absolute Gasteiger partial charge is 0.395 e. The zero-order chi connectivity index (χ0) is 8.97. The molecule has 1 saturated heterocycles. The lowest BCUT2D eigenvalue weighted by Gasteiger charge is -2.24. The van der Waals surface area contributed by atoms with Crippen molar-refractivity contribution < 1.29 is 10.2 Å². The van der Waals surface area contributed by atoms with E-state index in [1.165, 1.54) is 0 Å². The molecule has 1 aliphatic heterocycles. The maximum atomic E-state index is 9.41. The molecule has 3 heteroatoms. The Morgan fingerprint density at radius 2 is 2.33 bits per heavy atom. The van der Waals surface area contributed by atoms with Crippen molar-refractivity contribution in [1.29, 1.82) is 0 Å². The van der Waals surface area contributed by atoms with E-state index < -0.39 is 0 Å². The van der Waals surface area contributed by atoms with Gasteiger partial charge in [-0.25, -0.2) is 0 Å². The van der Waals surface area contributed by atoms with Crippen LogP contribution in [0.1, 0.15) is 26.2 Å². The number of rotatable bonds is 4. The van der Waals surface area contributed by atoms with Crippen LogP contribution in [0, 0.1) is 0 Å². The number of aliphatic hydroxyl groups is 2. The van der Waals surface area contributed by atoms with Gasteiger partial charge in [-0.3, -0.25) is 4.90 Å². The zero-order valence-corrected chi connectivity index (χ0v) is 7.74. The molecule has 0 spiro atoms. The molecule has 72 valence electrons. The van der Waals surface area contributed by atoms with Crippen molar-refractivity contribution >= 4 is 0 Å². The van der Waals surface area contributed by atoms with E-state index in [4.69, 9.17) is 5.11 Å². The predicted octanol–water partition coefficient (Wildman–Crippen LogP) is 0.214. The number of nitrogens with zero attached hydrogens (tertiary/aromatic N) is 1. The molecule has 0 aromatic carbocycles. The molecule has 1 fully saturated rings. The molecule has 1 rings (SSSR count). The minimum atomic E-state index is -0.225. The van der Waals surface area contributed by atoms with Gasteiger partial charge < -0.3 is 10.2 Å². The second kappa shape index (κ2) is 4.80. The smallest absolute Gasteiger partial charge is 0.0664 e. The van der Waals surface area contributed by atoms with Crippen LogP contribution in [0.2, 0.25) is 0 Å². The van der Waals surface area contributed by atoms with Gasteiger partial charge in [-0.05, 0) is 25.8 Å². The molecule has 12 heavy (non-hydrogen) atoms. The highest BCUT2D eigenvalue weighted by atomic mass is 16.3. The average Bonchev–Trinajstić information content (AvgIpc) is 2.51. The Morgan fingerprint density at radius 3 is 2.92 bits per heavy atom. The van der Waals surface area contributed by atoms with E-state index in [9.17, 15) is 5.11 Å². The molecule has 0 amide bonds. The van der Waals surface area contributed by atoms with Crippen LogP contribution in [0.3, 0.4) is 0 Å². The van der Waals surface area contributed by atoms with Gasteiger partial charge in [0.15, 0.2) is 0 Å². The van der Waals surface area contributed by atoms with E-state index in [0.29, 0.717) is 6.04 Å². The topological polar surface area (TPSA) is 43.7 Å². The Labute approximate surface area is 74.0 Å². The Hall–Kier alpha value is -0.120. The van der Waals surface area contributed by atoms with Crippen LogP contribution in [-0.2, 0) is 0 Å². The summed E-state index contributed by atoms with van der Waals surface area (Å²) in [4.78, 5) is 2.19. The molecule has 0 aliphatic carbocycles. The van der Waals surface area contributed by atoms with Crippen molar-refractivity contribution in [1.82, 2.24) is 4.90 Å². The third-order valence-electron chi connectivity index (χ3n) is 2.63. The maximum absolute atomic E-state index is 9.41. The van der Waals surface area contributed by atoms with Gasteiger partial charge in [0.05, 0.1) is 12.7 Å². The fraction of sp³-hybridized carbons (Fsp3) is 1.00. The summed E-state index contributed by atoms with van der Waals surface area (Å²) in [6.45, 7) is 3.97. The summed E-state index contributed by atoms with van der Waals surface area (Å²) in [6.07, 6.45) is 2.81. The molecule has 1 heterocycles. The fourth-order valence-corrected chi connectivity index (χ4v) is 1.74. The van der Waals surface area contributed by atoms with Crippen LogP contribution < -0.4 is 0 Å². The first-order valence-electron chi connectivity index (χ1n) is 4.81. The molecule has 2 N–H and O–H groups in total. The molecule has 0 aromatic heterocycles. The summed E-state index contributed by atoms with van der Waals surface area (Å²) >= 11 is 0. The van der Waals surface area contributed by atoms with Crippen molar-refractivity contribution in [2.24, 2.45) is 0 Å². The van der Waals surface area contributed by atoms with Crippen LogP contribution in [0.25, 0.3) is 0 Å². The Morgan fingerprint density at radius 1 is 1.58 bits per heavy atom. The van der Waals surface area contributed by atoms with Crippen LogP contribution >= 0.6 is 0 Å². The number of likely N-dealkylation sites (tertiary alicyclic amines) is 1. The van der Waals surface area contributed by atoms with Gasteiger partial charge in [0.1, 0.15) is 0 Å². The van der Waals surface area contributed by atoms with Crippen molar-refractivity contribution in [3.8, 4) is 0 Å². The highest BCUT2D eigenvalue weighted by Crippen LogP contribution is 2.16. The molecular weight excluding hydrogens is 154 g/mol. The minimum absolute atomic E-state index is 0.225. The number of β-amino-alcohol motifs (C(OH)–C–C–N with tert-alkyl or cyclic N) is 1. The molecule has 0 aromatic rings. The fourth-order valence-electron chi connectivity index (χ4n) is 1.74. The first kappa shape index (κ1) is 9.96. The Balaban J connectivity index is 2.30. The Kier molecular flexibility index (Phi) is 3.98. The lowest BCUT2D eigenvalue weighted by molar-refractivity contribution is 0.0830. The third kappa shape index (κ3) is 2.44. The second-order valence-corrected chi connectivity index (χ2v) is 3.54. The monoisotopic (exact) mass is 173 g/mol. The third-order valence-corrected chi connectivity index (χ3v) is 2.63. The van der Waals surface area contributed by atoms with Gasteiger partial charge >= 0.3 is 0 Å². The van der Waals surface area contributed by atoms with E-state index in [1.54, 1.807) is 0 Å². The number of hydrogen-bond acceptors (Lipinski definition) is 3. The van der Waals surface area contributed by atoms with Gasteiger partial charge in [-0.15, -0.1) is 0 Å². The van der Waals surface area contributed by atoms with E-state index in [1.807, 2.05) is 6.92 Å². The normalized spacial score (nSPS) is 27.8. The molecule has 2 atom stereocenters. The van der Waals surface area contributed by atoms with Gasteiger partial charge in [-0.1, -0.05) is 6.92 Å². The van der Waals surface area contributed by atoms with Crippen molar-refractivity contribution in [2.75, 3.05) is 19.7 Å². The first-order valence-corrected chi connectivity index (χ1v) is 4.81. The summed E-state index contributed by atoms with van der Waals surface area (Å²) < 4.78 is 0. The molecule has 0 bridgehead atoms. The van der Waals surface area contributed by atoms with Gasteiger partial charge in [-0.2, -0.15) is 0 Å². The summed E-state index contributed by atoms with van der Waals surface area (Å²) in [5.74, 6) is 0. The molecule has 1 unspecified atom stereocenters. The van der Waals surface area contributed by atoms with Gasteiger partial charge in [0, 0.05) is 12.6 Å². The Bertz CT molecular complexity index is 130. The van der Waals surface area contributed by atoms with E-state index >= 15 is 0 Å². The average molecular weight is 173 g/mol. The number of aliphatic hydroxyl groups excluding tert-OH is 2. The quantitative estimate of drug-likeness (QED) is 0.639. The van der Waals surface area contributed by atoms with Crippen molar-refractivity contribution in [3.63, 3.8) is 0 Å². The number of hydrogen-bond donors (Lipinski definition) is 2. The molecule has 0 saturated carbocycles. The SMILES string of the molecule is CCC(O)CN1CCC[C@@H]1CO. The van der Waals surface area contributed by atoms with Crippen LogP contribution in [0.15, 0.2) is 0 Å². The molecular formula is C9H19NO2. The summed E-state index contributed by atoms with van der Waals surface area (Å²) in [7, 11) is 0. The highest BCUT2D eigenvalue weighted by molar-refractivity contribution is 4.79. The van der Waals surface area contributed by atoms with Gasteiger partial charge in [0.2, 0.25) is 0 Å². The van der Waals surface area contributed by atoms with Crippen LogP contribution in [0.4, 0.5) is 0 Å².